The summed E-state index contributed by atoms with van der Waals surface area (Å²) in [7, 11) is -4.24. The molecule has 0 saturated heterocycles. The number of nitrogens with one attached hydrogen (secondary N) is 1. The Labute approximate surface area is 191 Å². The van der Waals surface area contributed by atoms with Gasteiger partial charge in [-0.05, 0) is 67.4 Å². The second-order valence-corrected chi connectivity index (χ2v) is 9.58. The fourth-order valence-corrected chi connectivity index (χ4v) is 5.06. The zero-order valence-electron chi connectivity index (χ0n) is 18.2. The van der Waals surface area contributed by atoms with E-state index < -0.39 is 28.3 Å². The van der Waals surface area contributed by atoms with Gasteiger partial charge >= 0.3 is 0 Å². The van der Waals surface area contributed by atoms with Gasteiger partial charge in [-0.2, -0.15) is 0 Å². The van der Waals surface area contributed by atoms with Crippen LogP contribution in [0.5, 0.6) is 11.5 Å². The third-order valence-electron chi connectivity index (χ3n) is 4.99. The minimum absolute atomic E-state index is 0.0282. The van der Waals surface area contributed by atoms with Crippen molar-refractivity contribution in [1.82, 2.24) is 0 Å². The van der Waals surface area contributed by atoms with Crippen LogP contribution >= 0.6 is 0 Å². The minimum atomic E-state index is -4.24. The first-order valence-corrected chi connectivity index (χ1v) is 11.7. The van der Waals surface area contributed by atoms with Crippen LogP contribution in [0, 0.1) is 19.7 Å². The Balaban J connectivity index is 1.68. The molecule has 9 heteroatoms. The highest BCUT2D eigenvalue weighted by molar-refractivity contribution is 7.92. The topological polar surface area (TPSA) is 84.9 Å². The molecule has 1 aliphatic heterocycles. The maximum atomic E-state index is 14.0. The van der Waals surface area contributed by atoms with E-state index in [9.17, 15) is 17.6 Å². The van der Waals surface area contributed by atoms with E-state index in [1.54, 1.807) is 12.1 Å². The second-order valence-electron chi connectivity index (χ2n) is 7.72. The molecule has 1 N–H and O–H groups in total. The lowest BCUT2D eigenvalue weighted by atomic mass is 10.1. The molecule has 7 nitrogen and oxygen atoms in total. The van der Waals surface area contributed by atoms with Gasteiger partial charge in [-0.1, -0.05) is 12.1 Å². The van der Waals surface area contributed by atoms with Crippen molar-refractivity contribution in [2.24, 2.45) is 0 Å². The Morgan fingerprint density at radius 1 is 0.970 bits per heavy atom. The Kier molecular flexibility index (Phi) is 6.24. The Hall–Kier alpha value is -3.59. The number of amides is 1. The van der Waals surface area contributed by atoms with E-state index >= 15 is 0 Å². The van der Waals surface area contributed by atoms with Gasteiger partial charge in [-0.15, -0.1) is 0 Å². The molecule has 33 heavy (non-hydrogen) atoms. The van der Waals surface area contributed by atoms with E-state index in [4.69, 9.17) is 9.47 Å². The van der Waals surface area contributed by atoms with Crippen LogP contribution in [0.1, 0.15) is 11.1 Å². The van der Waals surface area contributed by atoms with Gasteiger partial charge in [-0.25, -0.2) is 12.8 Å². The molecule has 1 heterocycles. The van der Waals surface area contributed by atoms with Crippen LogP contribution in [0.2, 0.25) is 0 Å². The minimum Gasteiger partial charge on any atom is -0.486 e. The summed E-state index contributed by atoms with van der Waals surface area (Å²) >= 11 is 0. The van der Waals surface area contributed by atoms with E-state index in [2.05, 4.69) is 5.32 Å². The van der Waals surface area contributed by atoms with Gasteiger partial charge < -0.3 is 14.8 Å². The van der Waals surface area contributed by atoms with Gasteiger partial charge in [0.15, 0.2) is 11.5 Å². The van der Waals surface area contributed by atoms with Gasteiger partial charge in [0.1, 0.15) is 25.6 Å². The highest BCUT2D eigenvalue weighted by Gasteiger charge is 2.29. The standard InChI is InChI=1S/C24H23FN2O5S/c1-16-10-17(2)12-19(11-16)26-24(28)15-27(20-5-3-4-18(25)13-20)33(29,30)21-6-7-22-23(14-21)32-9-8-31-22/h3-7,10-14H,8-9,15H2,1-2H3,(H,26,28). The predicted molar refractivity (Wildman–Crippen MR) is 123 cm³/mol. The van der Waals surface area contributed by atoms with Crippen LogP contribution in [-0.2, 0) is 14.8 Å². The number of carbonyl (C=O) groups excluding carboxylic acids is 1. The molecule has 172 valence electrons. The van der Waals surface area contributed by atoms with Crippen LogP contribution in [-0.4, -0.2) is 34.1 Å². The average molecular weight is 471 g/mol. The number of hydrogen-bond acceptors (Lipinski definition) is 5. The number of benzene rings is 3. The van der Waals surface area contributed by atoms with Crippen LogP contribution in [0.4, 0.5) is 15.8 Å². The SMILES string of the molecule is Cc1cc(C)cc(NC(=O)CN(c2cccc(F)c2)S(=O)(=O)c2ccc3c(c2)OCCO3)c1. The summed E-state index contributed by atoms with van der Waals surface area (Å²) in [6.45, 7) is 3.91. The van der Waals surface area contributed by atoms with E-state index in [-0.39, 0.29) is 10.6 Å². The molecule has 0 saturated carbocycles. The van der Waals surface area contributed by atoms with Gasteiger partial charge in [0.05, 0.1) is 10.6 Å². The summed E-state index contributed by atoms with van der Waals surface area (Å²) in [6, 6.07) is 14.8. The third kappa shape index (κ3) is 5.09. The van der Waals surface area contributed by atoms with E-state index in [0.717, 1.165) is 21.5 Å². The van der Waals surface area contributed by atoms with E-state index in [1.807, 2.05) is 19.9 Å². The van der Waals surface area contributed by atoms with E-state index in [0.29, 0.717) is 30.4 Å². The molecule has 0 unspecified atom stereocenters. The van der Waals surface area contributed by atoms with Crippen molar-refractivity contribution in [2.75, 3.05) is 29.4 Å². The molecular weight excluding hydrogens is 447 g/mol. The second kappa shape index (κ2) is 9.11. The number of ether oxygens (including phenoxy) is 2. The van der Waals surface area contributed by atoms with Crippen LogP contribution in [0.3, 0.4) is 0 Å². The third-order valence-corrected chi connectivity index (χ3v) is 6.76. The van der Waals surface area contributed by atoms with Crippen LogP contribution < -0.4 is 19.1 Å². The predicted octanol–water partition coefficient (Wildman–Crippen LogP) is 4.05. The molecule has 0 fully saturated rings. The fourth-order valence-electron chi connectivity index (χ4n) is 3.64. The highest BCUT2D eigenvalue weighted by Crippen LogP contribution is 2.34. The summed E-state index contributed by atoms with van der Waals surface area (Å²) in [4.78, 5) is 12.8. The molecule has 0 spiro atoms. The Morgan fingerprint density at radius 2 is 1.67 bits per heavy atom. The number of rotatable bonds is 6. The van der Waals surface area contributed by atoms with Gasteiger partial charge in [0, 0.05) is 11.8 Å². The highest BCUT2D eigenvalue weighted by atomic mass is 32.2. The first-order valence-electron chi connectivity index (χ1n) is 10.3. The normalized spacial score (nSPS) is 12.8. The van der Waals surface area contributed by atoms with Gasteiger partial charge in [0.2, 0.25) is 5.91 Å². The first kappa shape index (κ1) is 22.6. The lowest BCUT2D eigenvalue weighted by Crippen LogP contribution is -2.38. The molecular formula is C24H23FN2O5S. The summed E-state index contributed by atoms with van der Waals surface area (Å²) < 4.78 is 52.9. The number of aryl methyl sites for hydroxylation is 2. The lowest BCUT2D eigenvalue weighted by Gasteiger charge is -2.25. The summed E-state index contributed by atoms with van der Waals surface area (Å²) in [5.41, 5.74) is 2.49. The summed E-state index contributed by atoms with van der Waals surface area (Å²) in [5.74, 6) is -0.457. The number of carbonyl (C=O) groups is 1. The van der Waals surface area contributed by atoms with Crippen molar-refractivity contribution in [3.63, 3.8) is 0 Å². The van der Waals surface area contributed by atoms with Crippen molar-refractivity contribution >= 4 is 27.3 Å². The first-order chi connectivity index (χ1) is 15.7. The number of sulfonamides is 1. The van der Waals surface area contributed by atoms with Gasteiger partial charge in [-0.3, -0.25) is 9.10 Å². The van der Waals surface area contributed by atoms with Crippen molar-refractivity contribution < 1.29 is 27.1 Å². The fraction of sp³-hybridized carbons (Fsp3) is 0.208. The number of hydrogen-bond donors (Lipinski definition) is 1. The average Bonchev–Trinajstić information content (AvgIpc) is 2.76. The van der Waals surface area contributed by atoms with Crippen molar-refractivity contribution in [2.45, 2.75) is 18.7 Å². The molecule has 0 aromatic heterocycles. The Morgan fingerprint density at radius 3 is 2.36 bits per heavy atom. The zero-order chi connectivity index (χ0) is 23.6. The largest absolute Gasteiger partial charge is 0.486 e. The van der Waals surface area contributed by atoms with Crippen LogP contribution in [0.25, 0.3) is 0 Å². The molecule has 4 rings (SSSR count). The van der Waals surface area contributed by atoms with Crippen molar-refractivity contribution in [3.05, 3.63) is 77.6 Å². The number of anilines is 2. The molecule has 0 atom stereocenters. The maximum absolute atomic E-state index is 14.0. The maximum Gasteiger partial charge on any atom is 0.264 e. The van der Waals surface area contributed by atoms with Crippen molar-refractivity contribution in [3.8, 4) is 11.5 Å². The smallest absolute Gasteiger partial charge is 0.264 e. The molecule has 0 radical (unpaired) electrons. The molecule has 3 aromatic rings. The van der Waals surface area contributed by atoms with Crippen molar-refractivity contribution in [1.29, 1.82) is 0 Å². The molecule has 0 aliphatic carbocycles. The number of fused-ring (bicyclic) bond motifs is 1. The summed E-state index contributed by atoms with van der Waals surface area (Å²) in [6.07, 6.45) is 0. The number of halogens is 1. The molecule has 1 aliphatic rings. The Bertz CT molecular complexity index is 1290. The lowest BCUT2D eigenvalue weighted by molar-refractivity contribution is -0.114. The monoisotopic (exact) mass is 470 g/mol. The molecule has 3 aromatic carbocycles. The quantitative estimate of drug-likeness (QED) is 0.588. The van der Waals surface area contributed by atoms with E-state index in [1.165, 1.54) is 36.4 Å². The zero-order valence-corrected chi connectivity index (χ0v) is 19.0. The van der Waals surface area contributed by atoms with Gasteiger partial charge in [0.25, 0.3) is 10.0 Å². The number of nitrogens with zero attached hydrogens (tertiary/aromatic N) is 1. The van der Waals surface area contributed by atoms with Crippen LogP contribution in [0.15, 0.2) is 65.6 Å². The summed E-state index contributed by atoms with van der Waals surface area (Å²) in [5, 5.41) is 2.73. The molecule has 0 bridgehead atoms. The molecule has 1 amide bonds.